The molecule has 1 aromatic carbocycles. The highest BCUT2D eigenvalue weighted by Crippen LogP contribution is 2.27. The third-order valence-electron chi connectivity index (χ3n) is 2.25. The number of rotatable bonds is 5. The Hall–Kier alpha value is -2.19. The molecule has 98 valence electrons. The molecule has 0 saturated heterocycles. The zero-order chi connectivity index (χ0) is 13.9. The summed E-state index contributed by atoms with van der Waals surface area (Å²) in [7, 11) is 1.27. The van der Waals surface area contributed by atoms with Crippen LogP contribution >= 0.6 is 0 Å². The van der Waals surface area contributed by atoms with Gasteiger partial charge in [0.1, 0.15) is 11.9 Å². The number of aliphatic hydroxyl groups is 2. The van der Waals surface area contributed by atoms with Crippen LogP contribution in [0.4, 0.5) is 5.69 Å². The maximum absolute atomic E-state index is 10.6. The lowest BCUT2D eigenvalue weighted by Gasteiger charge is -2.14. The first kappa shape index (κ1) is 13.9. The summed E-state index contributed by atoms with van der Waals surface area (Å²) in [6.07, 6.45) is -3.85. The Morgan fingerprint density at radius 2 is 2.00 bits per heavy atom. The first-order valence-corrected chi connectivity index (χ1v) is 4.79. The topological polar surface area (TPSA) is 130 Å². The maximum atomic E-state index is 10.6. The summed E-state index contributed by atoms with van der Waals surface area (Å²) < 4.78 is 4.79. The van der Waals surface area contributed by atoms with Gasteiger partial charge in [0, 0.05) is 6.07 Å². The first-order valence-electron chi connectivity index (χ1n) is 4.79. The van der Waals surface area contributed by atoms with E-state index in [9.17, 15) is 25.1 Å². The number of benzene rings is 1. The number of nitrogens with zero attached hydrogens (tertiary/aromatic N) is 1. The molecule has 3 N–H and O–H groups in total. The molecule has 0 aliphatic carbocycles. The van der Waals surface area contributed by atoms with Crippen LogP contribution in [0.25, 0.3) is 0 Å². The predicted molar refractivity (Wildman–Crippen MR) is 58.3 cm³/mol. The SMILES string of the molecule is COc1cc(C(O)C(O)C(=O)O)cc([N+](=O)[O-])c1. The molecular weight excluding hydrogens is 246 g/mol. The van der Waals surface area contributed by atoms with Crippen LogP contribution < -0.4 is 4.74 Å². The van der Waals surface area contributed by atoms with Gasteiger partial charge in [0.05, 0.1) is 18.1 Å². The Balaban J connectivity index is 3.19. The normalized spacial score (nSPS) is 13.7. The van der Waals surface area contributed by atoms with Gasteiger partial charge in [0.2, 0.25) is 0 Å². The highest BCUT2D eigenvalue weighted by atomic mass is 16.6. The molecule has 0 saturated carbocycles. The predicted octanol–water partition coefficient (Wildman–Crippen LogP) is 0.0823. The highest BCUT2D eigenvalue weighted by Gasteiger charge is 2.27. The molecule has 2 unspecified atom stereocenters. The summed E-state index contributed by atoms with van der Waals surface area (Å²) in [5.41, 5.74) is -0.489. The van der Waals surface area contributed by atoms with E-state index in [4.69, 9.17) is 9.84 Å². The van der Waals surface area contributed by atoms with E-state index in [1.54, 1.807) is 0 Å². The molecule has 0 spiro atoms. The number of nitro groups is 1. The zero-order valence-electron chi connectivity index (χ0n) is 9.31. The summed E-state index contributed by atoms with van der Waals surface area (Å²) in [4.78, 5) is 20.4. The quantitative estimate of drug-likeness (QED) is 0.503. The van der Waals surface area contributed by atoms with Crippen LogP contribution in [0.15, 0.2) is 18.2 Å². The molecule has 0 fully saturated rings. The number of carbonyl (C=O) groups is 1. The van der Waals surface area contributed by atoms with Crippen molar-refractivity contribution in [2.75, 3.05) is 7.11 Å². The van der Waals surface area contributed by atoms with E-state index in [-0.39, 0.29) is 17.0 Å². The number of hydrogen-bond donors (Lipinski definition) is 3. The maximum Gasteiger partial charge on any atom is 0.335 e. The molecule has 1 aromatic rings. The van der Waals surface area contributed by atoms with Gasteiger partial charge in [0.15, 0.2) is 6.10 Å². The molecule has 0 aromatic heterocycles. The average molecular weight is 257 g/mol. The van der Waals surface area contributed by atoms with Crippen molar-refractivity contribution in [1.82, 2.24) is 0 Å². The minimum Gasteiger partial charge on any atom is -0.496 e. The Labute approximate surface area is 101 Å². The fraction of sp³-hybridized carbons (Fsp3) is 0.300. The molecule has 1 rings (SSSR count). The summed E-state index contributed by atoms with van der Waals surface area (Å²) in [6.45, 7) is 0. The van der Waals surface area contributed by atoms with Crippen molar-refractivity contribution >= 4 is 11.7 Å². The van der Waals surface area contributed by atoms with Crippen LogP contribution in [0.3, 0.4) is 0 Å². The van der Waals surface area contributed by atoms with E-state index in [2.05, 4.69) is 0 Å². The van der Waals surface area contributed by atoms with Crippen molar-refractivity contribution in [3.8, 4) is 5.75 Å². The molecule has 0 aliphatic heterocycles. The number of aliphatic hydroxyl groups excluding tert-OH is 2. The minimum absolute atomic E-state index is 0.0795. The highest BCUT2D eigenvalue weighted by molar-refractivity contribution is 5.73. The number of aliphatic carboxylic acids is 1. The third-order valence-corrected chi connectivity index (χ3v) is 2.25. The van der Waals surface area contributed by atoms with Gasteiger partial charge in [-0.05, 0) is 11.6 Å². The lowest BCUT2D eigenvalue weighted by Crippen LogP contribution is -2.27. The van der Waals surface area contributed by atoms with Crippen molar-refractivity contribution < 1.29 is 29.8 Å². The molecule has 0 heterocycles. The smallest absolute Gasteiger partial charge is 0.335 e. The summed E-state index contributed by atoms with van der Waals surface area (Å²) in [5, 5.41) is 37.9. The van der Waals surface area contributed by atoms with Crippen LogP contribution in [0.5, 0.6) is 5.75 Å². The van der Waals surface area contributed by atoms with Crippen molar-refractivity contribution in [3.63, 3.8) is 0 Å². The Kier molecular flexibility index (Phi) is 4.18. The number of methoxy groups -OCH3 is 1. The number of ether oxygens (including phenoxy) is 1. The van der Waals surface area contributed by atoms with Crippen LogP contribution in [-0.2, 0) is 4.79 Å². The Morgan fingerprint density at radius 1 is 1.39 bits per heavy atom. The second-order valence-electron chi connectivity index (χ2n) is 3.45. The second-order valence-corrected chi connectivity index (χ2v) is 3.45. The first-order chi connectivity index (χ1) is 8.36. The van der Waals surface area contributed by atoms with Crippen LogP contribution in [-0.4, -0.2) is 39.4 Å². The van der Waals surface area contributed by atoms with E-state index in [1.807, 2.05) is 0 Å². The van der Waals surface area contributed by atoms with Gasteiger partial charge in [0.25, 0.3) is 5.69 Å². The Bertz CT molecular complexity index is 473. The number of nitro benzene ring substituents is 1. The molecule has 18 heavy (non-hydrogen) atoms. The second kappa shape index (κ2) is 5.43. The van der Waals surface area contributed by atoms with Crippen LogP contribution in [0, 0.1) is 10.1 Å². The third kappa shape index (κ3) is 2.93. The monoisotopic (exact) mass is 257 g/mol. The van der Waals surface area contributed by atoms with Gasteiger partial charge in [-0.1, -0.05) is 0 Å². The fourth-order valence-electron chi connectivity index (χ4n) is 1.32. The summed E-state index contributed by atoms with van der Waals surface area (Å²) >= 11 is 0. The van der Waals surface area contributed by atoms with E-state index in [0.717, 1.165) is 12.1 Å². The minimum atomic E-state index is -2.07. The van der Waals surface area contributed by atoms with Gasteiger partial charge in [-0.2, -0.15) is 0 Å². The summed E-state index contributed by atoms with van der Waals surface area (Å²) in [5.74, 6) is -1.55. The van der Waals surface area contributed by atoms with E-state index in [1.165, 1.54) is 13.2 Å². The fourth-order valence-corrected chi connectivity index (χ4v) is 1.32. The van der Waals surface area contributed by atoms with Gasteiger partial charge in [-0.25, -0.2) is 4.79 Å². The molecule has 0 amide bonds. The molecule has 0 aliphatic rings. The van der Waals surface area contributed by atoms with Crippen molar-refractivity contribution in [3.05, 3.63) is 33.9 Å². The molecule has 8 heteroatoms. The van der Waals surface area contributed by atoms with E-state index in [0.29, 0.717) is 0 Å². The molecule has 8 nitrogen and oxygen atoms in total. The molecule has 0 bridgehead atoms. The van der Waals surface area contributed by atoms with Crippen molar-refractivity contribution in [2.45, 2.75) is 12.2 Å². The Morgan fingerprint density at radius 3 is 2.44 bits per heavy atom. The van der Waals surface area contributed by atoms with E-state index < -0.39 is 23.1 Å². The number of non-ortho nitro benzene ring substituents is 1. The lowest BCUT2D eigenvalue weighted by molar-refractivity contribution is -0.385. The number of carboxylic acid groups (broad SMARTS) is 1. The number of hydrogen-bond acceptors (Lipinski definition) is 6. The van der Waals surface area contributed by atoms with Gasteiger partial charge >= 0.3 is 5.97 Å². The van der Waals surface area contributed by atoms with Crippen molar-refractivity contribution in [1.29, 1.82) is 0 Å². The zero-order valence-corrected chi connectivity index (χ0v) is 9.31. The lowest BCUT2D eigenvalue weighted by atomic mass is 10.0. The van der Waals surface area contributed by atoms with Gasteiger partial charge in [-0.15, -0.1) is 0 Å². The molecule has 0 radical (unpaired) electrons. The molecular formula is C10H11NO7. The van der Waals surface area contributed by atoms with E-state index >= 15 is 0 Å². The van der Waals surface area contributed by atoms with Crippen LogP contribution in [0.1, 0.15) is 11.7 Å². The van der Waals surface area contributed by atoms with Gasteiger partial charge < -0.3 is 20.1 Å². The number of carboxylic acids is 1. The standard InChI is InChI=1S/C10H11NO7/c1-18-7-3-5(2-6(4-7)11(16)17)8(12)9(13)10(14)15/h2-4,8-9,12-13H,1H3,(H,14,15). The summed E-state index contributed by atoms with van der Waals surface area (Å²) in [6, 6.07) is 3.30. The largest absolute Gasteiger partial charge is 0.496 e. The molecule has 2 atom stereocenters. The van der Waals surface area contributed by atoms with Crippen molar-refractivity contribution in [2.24, 2.45) is 0 Å². The van der Waals surface area contributed by atoms with Gasteiger partial charge in [-0.3, -0.25) is 10.1 Å². The van der Waals surface area contributed by atoms with Crippen LogP contribution in [0.2, 0.25) is 0 Å². The average Bonchev–Trinajstić information content (AvgIpc) is 2.35.